The van der Waals surface area contributed by atoms with E-state index in [1.807, 2.05) is 24.3 Å². The first kappa shape index (κ1) is 16.7. The van der Waals surface area contributed by atoms with Gasteiger partial charge in [0.25, 0.3) is 0 Å². The Morgan fingerprint density at radius 2 is 1.79 bits per heavy atom. The highest BCUT2D eigenvalue weighted by atomic mass is 19.4. The molecule has 0 saturated heterocycles. The van der Waals surface area contributed by atoms with Gasteiger partial charge in [0.05, 0.1) is 7.11 Å². The molecule has 0 N–H and O–H groups in total. The number of hydrogen-bond acceptors (Lipinski definition) is 4. The summed E-state index contributed by atoms with van der Waals surface area (Å²) >= 11 is 0. The second-order valence-corrected chi connectivity index (χ2v) is 5.64. The minimum Gasteiger partial charge on any atom is -0.481 e. The highest BCUT2D eigenvalue weighted by Crippen LogP contribution is 2.37. The topological polar surface area (TPSA) is 34.6 Å². The van der Waals surface area contributed by atoms with E-state index in [-0.39, 0.29) is 0 Å². The summed E-state index contributed by atoms with van der Waals surface area (Å²) < 4.78 is 44.0. The first-order valence-corrected chi connectivity index (χ1v) is 7.48. The summed E-state index contributed by atoms with van der Waals surface area (Å²) in [5.41, 5.74) is 1.77. The molecule has 128 valence electrons. The van der Waals surface area contributed by atoms with Crippen molar-refractivity contribution >= 4 is 0 Å². The minimum absolute atomic E-state index is 0.346. The highest BCUT2D eigenvalue weighted by Gasteiger charge is 2.36. The molecule has 0 spiro atoms. The number of nitrogens with zero attached hydrogens (tertiary/aromatic N) is 2. The van der Waals surface area contributed by atoms with Crippen LogP contribution < -0.4 is 4.74 Å². The number of alkyl halides is 3. The highest BCUT2D eigenvalue weighted by molar-refractivity contribution is 5.33. The van der Waals surface area contributed by atoms with E-state index in [1.54, 1.807) is 12.0 Å². The van der Waals surface area contributed by atoms with Crippen molar-refractivity contribution in [2.24, 2.45) is 0 Å². The van der Waals surface area contributed by atoms with E-state index in [0.717, 1.165) is 17.2 Å². The maximum atomic E-state index is 13.1. The monoisotopic (exact) mass is 338 g/mol. The van der Waals surface area contributed by atoms with Crippen molar-refractivity contribution in [1.29, 1.82) is 0 Å². The van der Waals surface area contributed by atoms with Crippen molar-refractivity contribution < 1.29 is 22.7 Å². The lowest BCUT2D eigenvalue weighted by atomic mass is 10.1. The largest absolute Gasteiger partial charge is 0.481 e. The molecule has 7 heteroatoms. The van der Waals surface area contributed by atoms with Crippen molar-refractivity contribution in [3.05, 3.63) is 58.8 Å². The molecule has 3 rings (SSSR count). The van der Waals surface area contributed by atoms with Crippen molar-refractivity contribution in [2.75, 3.05) is 7.11 Å². The number of ether oxygens (including phenoxy) is 1. The molecule has 0 radical (unpaired) electrons. The Labute approximate surface area is 137 Å². The van der Waals surface area contributed by atoms with Crippen LogP contribution in [0.3, 0.4) is 0 Å². The zero-order valence-corrected chi connectivity index (χ0v) is 13.3. The van der Waals surface area contributed by atoms with Gasteiger partial charge in [-0.25, -0.2) is 4.98 Å². The van der Waals surface area contributed by atoms with Gasteiger partial charge in [-0.2, -0.15) is 18.2 Å². The number of hydroxylamine groups is 2. The minimum atomic E-state index is -4.53. The van der Waals surface area contributed by atoms with Crippen LogP contribution in [0.25, 0.3) is 0 Å². The van der Waals surface area contributed by atoms with Crippen molar-refractivity contribution in [1.82, 2.24) is 10.0 Å². The third-order valence-corrected chi connectivity index (χ3v) is 3.96. The molecule has 0 saturated carbocycles. The molecule has 2 heterocycles. The maximum Gasteiger partial charge on any atom is 0.421 e. The molecular weight excluding hydrogens is 321 g/mol. The number of fused-ring (bicyclic) bond motifs is 1. The number of hydrogen-bond donors (Lipinski definition) is 0. The summed E-state index contributed by atoms with van der Waals surface area (Å²) in [7, 11) is 1.17. The third-order valence-electron chi connectivity index (χ3n) is 3.96. The van der Waals surface area contributed by atoms with E-state index >= 15 is 0 Å². The van der Waals surface area contributed by atoms with Gasteiger partial charge >= 0.3 is 6.18 Å². The summed E-state index contributed by atoms with van der Waals surface area (Å²) in [5, 5.41) is 1.74. The summed E-state index contributed by atoms with van der Waals surface area (Å²) in [6.07, 6.45) is -3.74. The van der Waals surface area contributed by atoms with Crippen LogP contribution in [-0.4, -0.2) is 17.2 Å². The molecule has 1 aromatic heterocycles. The molecule has 0 amide bonds. The first-order chi connectivity index (χ1) is 11.4. The predicted molar refractivity (Wildman–Crippen MR) is 81.0 cm³/mol. The first-order valence-electron chi connectivity index (χ1n) is 7.48. The Morgan fingerprint density at radius 1 is 1.17 bits per heavy atom. The fourth-order valence-electron chi connectivity index (χ4n) is 2.72. The molecule has 4 nitrogen and oxygen atoms in total. The summed E-state index contributed by atoms with van der Waals surface area (Å²) in [5.74, 6) is -0.438. The fraction of sp³-hybridized carbons (Fsp3) is 0.353. The normalized spacial score (nSPS) is 16.0. The standard InChI is InChI=1S/C17H17F3N2O2/c1-11(24-22-9-12-5-3-4-6-13(12)10-22)14-7-15(17(18,19)20)16(23-2)21-8-14/h3-8,11H,9-10H2,1-2H3. The Kier molecular flexibility index (Phi) is 4.47. The van der Waals surface area contributed by atoms with Gasteiger partial charge in [0.2, 0.25) is 5.88 Å². The number of pyridine rings is 1. The summed E-state index contributed by atoms with van der Waals surface area (Å²) in [4.78, 5) is 9.56. The zero-order chi connectivity index (χ0) is 17.3. The van der Waals surface area contributed by atoms with E-state index in [4.69, 9.17) is 9.57 Å². The number of rotatable bonds is 4. The van der Waals surface area contributed by atoms with Gasteiger partial charge in [0.15, 0.2) is 0 Å². The fourth-order valence-corrected chi connectivity index (χ4v) is 2.72. The lowest BCUT2D eigenvalue weighted by Gasteiger charge is -2.22. The maximum absolute atomic E-state index is 13.1. The van der Waals surface area contributed by atoms with Crippen LogP contribution in [-0.2, 0) is 24.1 Å². The Hall–Kier alpha value is -2.12. The van der Waals surface area contributed by atoms with Gasteiger partial charge in [0, 0.05) is 24.8 Å². The Balaban J connectivity index is 1.75. The summed E-state index contributed by atoms with van der Waals surface area (Å²) in [6, 6.07) is 8.96. The van der Waals surface area contributed by atoms with E-state index in [0.29, 0.717) is 18.7 Å². The smallest absolute Gasteiger partial charge is 0.421 e. The molecule has 1 atom stereocenters. The lowest BCUT2D eigenvalue weighted by Crippen LogP contribution is -2.20. The molecule has 1 aliphatic rings. The third kappa shape index (κ3) is 3.37. The van der Waals surface area contributed by atoms with E-state index in [9.17, 15) is 13.2 Å². The molecule has 0 aliphatic carbocycles. The molecule has 1 unspecified atom stereocenters. The van der Waals surface area contributed by atoms with Crippen molar-refractivity contribution in [3.8, 4) is 5.88 Å². The zero-order valence-electron chi connectivity index (χ0n) is 13.3. The molecule has 2 aromatic rings. The average molecular weight is 338 g/mol. The van der Waals surface area contributed by atoms with Gasteiger partial charge in [-0.3, -0.25) is 4.84 Å². The van der Waals surface area contributed by atoms with Gasteiger partial charge in [-0.15, -0.1) is 0 Å². The summed E-state index contributed by atoms with van der Waals surface area (Å²) in [6.45, 7) is 2.92. The van der Waals surface area contributed by atoms with Crippen LogP contribution in [0.5, 0.6) is 5.88 Å². The van der Waals surface area contributed by atoms with Crippen LogP contribution >= 0.6 is 0 Å². The van der Waals surface area contributed by atoms with Gasteiger partial charge in [0.1, 0.15) is 11.7 Å². The molecular formula is C17H17F3N2O2. The molecule has 1 aromatic carbocycles. The predicted octanol–water partition coefficient (Wildman–Crippen LogP) is 4.12. The van der Waals surface area contributed by atoms with Crippen LogP contribution in [0.4, 0.5) is 13.2 Å². The van der Waals surface area contributed by atoms with Crippen LogP contribution in [0, 0.1) is 0 Å². The Morgan fingerprint density at radius 3 is 2.33 bits per heavy atom. The molecule has 24 heavy (non-hydrogen) atoms. The quantitative estimate of drug-likeness (QED) is 0.840. The number of methoxy groups -OCH3 is 1. The lowest BCUT2D eigenvalue weighted by molar-refractivity contribution is -0.202. The van der Waals surface area contributed by atoms with Gasteiger partial charge in [-0.1, -0.05) is 24.3 Å². The molecule has 0 fully saturated rings. The van der Waals surface area contributed by atoms with Crippen LogP contribution in [0.2, 0.25) is 0 Å². The molecule has 1 aliphatic heterocycles. The second-order valence-electron chi connectivity index (χ2n) is 5.64. The van der Waals surface area contributed by atoms with E-state index in [1.165, 1.54) is 13.3 Å². The van der Waals surface area contributed by atoms with Crippen LogP contribution in [0.15, 0.2) is 36.5 Å². The van der Waals surface area contributed by atoms with Gasteiger partial charge < -0.3 is 4.74 Å². The number of halogens is 3. The molecule has 0 bridgehead atoms. The Bertz CT molecular complexity index is 709. The second kappa shape index (κ2) is 6.41. The van der Waals surface area contributed by atoms with Crippen molar-refractivity contribution in [2.45, 2.75) is 32.3 Å². The van der Waals surface area contributed by atoms with Crippen molar-refractivity contribution in [3.63, 3.8) is 0 Å². The van der Waals surface area contributed by atoms with Crippen LogP contribution in [0.1, 0.15) is 35.3 Å². The van der Waals surface area contributed by atoms with E-state index in [2.05, 4.69) is 4.98 Å². The number of aromatic nitrogens is 1. The SMILES string of the molecule is COc1ncc(C(C)ON2Cc3ccccc3C2)cc1C(F)(F)F. The number of benzene rings is 1. The van der Waals surface area contributed by atoms with Gasteiger partial charge in [-0.05, 0) is 24.1 Å². The average Bonchev–Trinajstić information content (AvgIpc) is 2.95. The van der Waals surface area contributed by atoms with E-state index < -0.39 is 23.7 Å².